The van der Waals surface area contributed by atoms with Gasteiger partial charge >= 0.3 is 0 Å². The second-order valence-corrected chi connectivity index (χ2v) is 4.09. The molecule has 1 aromatic carbocycles. The van der Waals surface area contributed by atoms with E-state index in [1.165, 1.54) is 6.07 Å². The normalized spacial score (nSPS) is 10.5. The Morgan fingerprint density at radius 3 is 2.58 bits per heavy atom. The first-order chi connectivity index (χ1) is 8.97. The van der Waals surface area contributed by atoms with Gasteiger partial charge in [-0.15, -0.1) is 0 Å². The zero-order valence-electron chi connectivity index (χ0n) is 9.62. The third kappa shape index (κ3) is 3.00. The monoisotopic (exact) mass is 285 g/mol. The highest BCUT2D eigenvalue weighted by Crippen LogP contribution is 2.24. The highest BCUT2D eigenvalue weighted by Gasteiger charge is 2.09. The van der Waals surface area contributed by atoms with Crippen LogP contribution in [0.4, 0.5) is 26.2 Å². The van der Waals surface area contributed by atoms with E-state index in [1.807, 2.05) is 0 Å². The molecule has 0 aliphatic heterocycles. The molecule has 0 atom stereocenters. The summed E-state index contributed by atoms with van der Waals surface area (Å²) in [5.74, 6) is -1.63. The third-order valence-corrected chi connectivity index (χ3v) is 2.65. The molecule has 0 spiro atoms. The molecule has 100 valence electrons. The number of halogens is 3. The number of nitrogens with one attached hydrogen (secondary N) is 1. The highest BCUT2D eigenvalue weighted by molar-refractivity contribution is 6.32. The van der Waals surface area contributed by atoms with Gasteiger partial charge in [0.2, 0.25) is 5.95 Å². The van der Waals surface area contributed by atoms with Gasteiger partial charge in [-0.1, -0.05) is 17.7 Å². The lowest BCUT2D eigenvalue weighted by molar-refractivity contribution is 0.507. The number of nitrogen functional groups attached to an aromatic ring is 2. The average Bonchev–Trinajstić information content (AvgIpc) is 2.36. The molecule has 0 amide bonds. The molecule has 0 saturated carbocycles. The molecular weight excluding hydrogens is 276 g/mol. The maximum absolute atomic E-state index is 13.0. The van der Waals surface area contributed by atoms with Gasteiger partial charge in [-0.3, -0.25) is 0 Å². The predicted octanol–water partition coefficient (Wildman–Crippen LogP) is 2.18. The van der Waals surface area contributed by atoms with Gasteiger partial charge in [-0.05, 0) is 17.7 Å². The fourth-order valence-electron chi connectivity index (χ4n) is 1.43. The Morgan fingerprint density at radius 1 is 1.16 bits per heavy atom. The number of benzene rings is 1. The van der Waals surface area contributed by atoms with Crippen LogP contribution in [-0.2, 0) is 6.54 Å². The molecule has 0 radical (unpaired) electrons. The van der Waals surface area contributed by atoms with E-state index in [0.29, 0.717) is 5.56 Å². The molecule has 0 bridgehead atoms. The van der Waals surface area contributed by atoms with Gasteiger partial charge in [-0.2, -0.15) is 9.97 Å². The van der Waals surface area contributed by atoms with Crippen molar-refractivity contribution in [3.8, 4) is 0 Å². The topological polar surface area (TPSA) is 89.8 Å². The van der Waals surface area contributed by atoms with Crippen molar-refractivity contribution >= 4 is 29.1 Å². The van der Waals surface area contributed by atoms with Crippen LogP contribution in [0.1, 0.15) is 5.56 Å². The van der Waals surface area contributed by atoms with Gasteiger partial charge < -0.3 is 16.8 Å². The summed E-state index contributed by atoms with van der Waals surface area (Å²) in [5.41, 5.74) is 11.7. The summed E-state index contributed by atoms with van der Waals surface area (Å²) >= 11 is 5.74. The predicted molar refractivity (Wildman–Crippen MR) is 69.6 cm³/mol. The van der Waals surface area contributed by atoms with Crippen LogP contribution < -0.4 is 16.8 Å². The van der Waals surface area contributed by atoms with Crippen molar-refractivity contribution in [1.29, 1.82) is 0 Å². The number of hydrogen-bond donors (Lipinski definition) is 3. The Morgan fingerprint density at radius 2 is 1.89 bits per heavy atom. The first kappa shape index (κ1) is 13.3. The second kappa shape index (κ2) is 5.23. The van der Waals surface area contributed by atoms with Crippen molar-refractivity contribution in [2.24, 2.45) is 0 Å². The van der Waals surface area contributed by atoms with Crippen LogP contribution in [0.5, 0.6) is 0 Å². The summed E-state index contributed by atoms with van der Waals surface area (Å²) in [6.07, 6.45) is 0. The minimum Gasteiger partial charge on any atom is -0.393 e. The quantitative estimate of drug-likeness (QED) is 0.752. The fraction of sp³-hybridized carbons (Fsp3) is 0.0909. The Labute approximate surface area is 112 Å². The van der Waals surface area contributed by atoms with Crippen LogP contribution in [0.25, 0.3) is 0 Å². The Balaban J connectivity index is 2.16. The molecule has 0 fully saturated rings. The van der Waals surface area contributed by atoms with Crippen LogP contribution in [0.3, 0.4) is 0 Å². The highest BCUT2D eigenvalue weighted by atomic mass is 35.5. The Hall–Kier alpha value is -2.15. The third-order valence-electron chi connectivity index (χ3n) is 2.36. The van der Waals surface area contributed by atoms with E-state index < -0.39 is 11.6 Å². The molecule has 0 unspecified atom stereocenters. The van der Waals surface area contributed by atoms with E-state index >= 15 is 0 Å². The molecule has 2 aromatic rings. The smallest absolute Gasteiger partial charge is 0.223 e. The summed E-state index contributed by atoms with van der Waals surface area (Å²) in [4.78, 5) is 7.54. The van der Waals surface area contributed by atoms with Gasteiger partial charge in [0.15, 0.2) is 22.6 Å². The molecule has 5 N–H and O–H groups in total. The SMILES string of the molecule is Nc1nc(Cl)c(N)c(NCc2ccc(F)c(F)c2)n1. The molecule has 1 heterocycles. The minimum atomic E-state index is -0.924. The van der Waals surface area contributed by atoms with Gasteiger partial charge in [-0.25, -0.2) is 8.78 Å². The van der Waals surface area contributed by atoms with Crippen molar-refractivity contribution in [2.45, 2.75) is 6.54 Å². The zero-order valence-corrected chi connectivity index (χ0v) is 10.4. The summed E-state index contributed by atoms with van der Waals surface area (Å²) < 4.78 is 25.8. The van der Waals surface area contributed by atoms with Crippen molar-refractivity contribution in [3.63, 3.8) is 0 Å². The molecule has 0 aliphatic rings. The second-order valence-electron chi connectivity index (χ2n) is 3.74. The van der Waals surface area contributed by atoms with Crippen LogP contribution in [0.2, 0.25) is 5.15 Å². The molecule has 8 heteroatoms. The number of nitrogens with zero attached hydrogens (tertiary/aromatic N) is 2. The van der Waals surface area contributed by atoms with Crippen LogP contribution in [0, 0.1) is 11.6 Å². The van der Waals surface area contributed by atoms with Crippen LogP contribution >= 0.6 is 11.6 Å². The van der Waals surface area contributed by atoms with Crippen molar-refractivity contribution in [1.82, 2.24) is 9.97 Å². The van der Waals surface area contributed by atoms with Gasteiger partial charge in [0, 0.05) is 6.54 Å². The van der Waals surface area contributed by atoms with Crippen molar-refractivity contribution in [3.05, 3.63) is 40.6 Å². The van der Waals surface area contributed by atoms with Crippen molar-refractivity contribution < 1.29 is 8.78 Å². The number of hydrogen-bond acceptors (Lipinski definition) is 5. The minimum absolute atomic E-state index is 0.0280. The largest absolute Gasteiger partial charge is 0.393 e. The molecule has 5 nitrogen and oxygen atoms in total. The van der Waals surface area contributed by atoms with Crippen LogP contribution in [-0.4, -0.2) is 9.97 Å². The Kier molecular flexibility index (Phi) is 3.66. The van der Waals surface area contributed by atoms with Gasteiger partial charge in [0.05, 0.1) is 0 Å². The average molecular weight is 286 g/mol. The standard InChI is InChI=1S/C11H10ClF2N5/c12-9-8(15)10(19-11(16)18-9)17-4-5-1-2-6(13)7(14)3-5/h1-3H,4,15H2,(H3,16,17,18,19). The van der Waals surface area contributed by atoms with E-state index in [1.54, 1.807) is 0 Å². The summed E-state index contributed by atoms with van der Waals surface area (Å²) in [6, 6.07) is 3.55. The van der Waals surface area contributed by atoms with Crippen molar-refractivity contribution in [2.75, 3.05) is 16.8 Å². The van der Waals surface area contributed by atoms with Gasteiger partial charge in [0.1, 0.15) is 5.69 Å². The molecule has 2 rings (SSSR count). The molecule has 0 aliphatic carbocycles. The first-order valence-electron chi connectivity index (χ1n) is 5.23. The molecule has 1 aromatic heterocycles. The molecule has 19 heavy (non-hydrogen) atoms. The number of rotatable bonds is 3. The van der Waals surface area contributed by atoms with E-state index in [-0.39, 0.29) is 29.2 Å². The lowest BCUT2D eigenvalue weighted by Crippen LogP contribution is -2.08. The van der Waals surface area contributed by atoms with Crippen LogP contribution in [0.15, 0.2) is 18.2 Å². The summed E-state index contributed by atoms with van der Waals surface area (Å²) in [5, 5.41) is 2.86. The summed E-state index contributed by atoms with van der Waals surface area (Å²) in [6.45, 7) is 0.189. The number of aromatic nitrogens is 2. The zero-order chi connectivity index (χ0) is 14.0. The van der Waals surface area contributed by atoms with Gasteiger partial charge in [0.25, 0.3) is 0 Å². The Bertz CT molecular complexity index is 620. The lowest BCUT2D eigenvalue weighted by atomic mass is 10.2. The maximum Gasteiger partial charge on any atom is 0.223 e. The number of nitrogens with two attached hydrogens (primary N) is 2. The van der Waals surface area contributed by atoms with E-state index in [9.17, 15) is 8.78 Å². The van der Waals surface area contributed by atoms with E-state index in [4.69, 9.17) is 23.1 Å². The first-order valence-corrected chi connectivity index (χ1v) is 5.61. The number of anilines is 3. The molecular formula is C11H10ClF2N5. The summed E-state index contributed by atoms with van der Waals surface area (Å²) in [7, 11) is 0. The van der Waals surface area contributed by atoms with E-state index in [0.717, 1.165) is 12.1 Å². The lowest BCUT2D eigenvalue weighted by Gasteiger charge is -2.10. The maximum atomic E-state index is 13.0. The van der Waals surface area contributed by atoms with E-state index in [2.05, 4.69) is 15.3 Å². The fourth-order valence-corrected chi connectivity index (χ4v) is 1.60. The molecule has 0 saturated heterocycles.